The highest BCUT2D eigenvalue weighted by Gasteiger charge is 2.26. The summed E-state index contributed by atoms with van der Waals surface area (Å²) >= 11 is 0. The van der Waals surface area contributed by atoms with E-state index in [-0.39, 0.29) is 19.3 Å². The van der Waals surface area contributed by atoms with Crippen molar-refractivity contribution < 1.29 is 34.2 Å². The number of unbranched alkanes of at least 4 members (excludes halogenated alkanes) is 21. The SMILES string of the molecule is CCCCCCCCCCCCCCCCC/C=C/CCCCC[N+](CCCCC(=O)O)(CCCCC(=O)O)CCCCC(=O)O. The summed E-state index contributed by atoms with van der Waals surface area (Å²) in [5.41, 5.74) is 0. The fraction of sp³-hybridized carbons (Fsp3) is 0.872. The van der Waals surface area contributed by atoms with Crippen molar-refractivity contribution in [3.05, 3.63) is 12.2 Å². The Balaban J connectivity index is 4.20. The maximum Gasteiger partial charge on any atom is 0.303 e. The minimum Gasteiger partial charge on any atom is -0.481 e. The van der Waals surface area contributed by atoms with Crippen molar-refractivity contribution in [3.63, 3.8) is 0 Å². The highest BCUT2D eigenvalue weighted by Crippen LogP contribution is 2.19. The Morgan fingerprint density at radius 3 is 0.957 bits per heavy atom. The van der Waals surface area contributed by atoms with Crippen LogP contribution in [0.25, 0.3) is 0 Å². The zero-order valence-electron chi connectivity index (χ0n) is 30.0. The first-order valence-electron chi connectivity index (χ1n) is 19.5. The van der Waals surface area contributed by atoms with Gasteiger partial charge in [0.05, 0.1) is 26.2 Å². The average molecular weight is 653 g/mol. The Kier molecular flexibility index (Phi) is 31.7. The molecule has 0 saturated carbocycles. The number of allylic oxidation sites excluding steroid dienone is 2. The van der Waals surface area contributed by atoms with Crippen LogP contribution in [0.1, 0.15) is 193 Å². The highest BCUT2D eigenvalue weighted by molar-refractivity contribution is 5.67. The molecule has 0 aliphatic rings. The van der Waals surface area contributed by atoms with E-state index in [0.29, 0.717) is 19.3 Å². The molecule has 0 aromatic heterocycles. The van der Waals surface area contributed by atoms with E-state index in [1.54, 1.807) is 0 Å². The second-order valence-corrected chi connectivity index (χ2v) is 13.8. The number of carboxylic acid groups (broad SMARTS) is 3. The van der Waals surface area contributed by atoms with Gasteiger partial charge >= 0.3 is 17.9 Å². The first kappa shape index (κ1) is 44.1. The number of rotatable bonds is 37. The fourth-order valence-corrected chi connectivity index (χ4v) is 6.60. The maximum absolute atomic E-state index is 11.0. The Bertz CT molecular complexity index is 698. The molecular weight excluding hydrogens is 578 g/mol. The van der Waals surface area contributed by atoms with Crippen LogP contribution in [0.2, 0.25) is 0 Å². The number of aliphatic carboxylic acids is 3. The van der Waals surface area contributed by atoms with E-state index in [1.165, 1.54) is 103 Å². The number of hydrogen-bond acceptors (Lipinski definition) is 3. The normalized spacial score (nSPS) is 11.8. The lowest BCUT2D eigenvalue weighted by molar-refractivity contribution is -0.929. The second kappa shape index (κ2) is 33.0. The molecule has 0 fully saturated rings. The molecule has 46 heavy (non-hydrogen) atoms. The average Bonchev–Trinajstić information content (AvgIpc) is 3.02. The molecule has 0 aromatic rings. The molecule has 0 aromatic carbocycles. The summed E-state index contributed by atoms with van der Waals surface area (Å²) in [5.74, 6) is -2.31. The minimum atomic E-state index is -0.770. The summed E-state index contributed by atoms with van der Waals surface area (Å²) in [4.78, 5) is 33.1. The van der Waals surface area contributed by atoms with Crippen molar-refractivity contribution in [3.8, 4) is 0 Å². The molecule has 0 atom stereocenters. The molecule has 7 nitrogen and oxygen atoms in total. The summed E-state index contributed by atoms with van der Waals surface area (Å²) in [5, 5.41) is 27.2. The van der Waals surface area contributed by atoms with E-state index >= 15 is 0 Å². The second-order valence-electron chi connectivity index (χ2n) is 13.8. The molecule has 0 aliphatic carbocycles. The van der Waals surface area contributed by atoms with E-state index in [0.717, 1.165) is 75.6 Å². The number of carbonyl (C=O) groups is 3. The fourth-order valence-electron chi connectivity index (χ4n) is 6.60. The summed E-state index contributed by atoms with van der Waals surface area (Å²) in [7, 11) is 0. The molecule has 0 rings (SSSR count). The molecule has 0 radical (unpaired) electrons. The van der Waals surface area contributed by atoms with Gasteiger partial charge in [0, 0.05) is 19.3 Å². The van der Waals surface area contributed by atoms with Gasteiger partial charge in [-0.1, -0.05) is 109 Å². The van der Waals surface area contributed by atoms with Crippen molar-refractivity contribution in [2.75, 3.05) is 26.2 Å². The molecular formula is C39H74NO6+. The van der Waals surface area contributed by atoms with Gasteiger partial charge in [-0.25, -0.2) is 0 Å². The van der Waals surface area contributed by atoms with E-state index in [2.05, 4.69) is 19.1 Å². The molecule has 0 saturated heterocycles. The van der Waals surface area contributed by atoms with Crippen LogP contribution in [0.15, 0.2) is 12.2 Å². The summed E-state index contributed by atoms with van der Waals surface area (Å²) < 4.78 is 0.855. The number of carboxylic acids is 3. The third-order valence-electron chi connectivity index (χ3n) is 9.46. The third kappa shape index (κ3) is 32.1. The van der Waals surface area contributed by atoms with Crippen LogP contribution in [0.5, 0.6) is 0 Å². The molecule has 7 heteroatoms. The number of hydrogen-bond donors (Lipinski definition) is 3. The van der Waals surface area contributed by atoms with Crippen molar-refractivity contribution in [1.29, 1.82) is 0 Å². The Morgan fingerprint density at radius 2 is 0.652 bits per heavy atom. The Morgan fingerprint density at radius 1 is 0.391 bits per heavy atom. The van der Waals surface area contributed by atoms with Crippen LogP contribution in [0.4, 0.5) is 0 Å². The van der Waals surface area contributed by atoms with Gasteiger partial charge in [0.2, 0.25) is 0 Å². The molecule has 0 heterocycles. The van der Waals surface area contributed by atoms with E-state index in [9.17, 15) is 14.4 Å². The monoisotopic (exact) mass is 653 g/mol. The lowest BCUT2D eigenvalue weighted by atomic mass is 10.0. The van der Waals surface area contributed by atoms with Crippen LogP contribution in [0, 0.1) is 0 Å². The topological polar surface area (TPSA) is 112 Å². The molecule has 270 valence electrons. The summed E-state index contributed by atoms with van der Waals surface area (Å²) in [6.07, 6.45) is 36.2. The lowest BCUT2D eigenvalue weighted by Gasteiger charge is -2.39. The molecule has 0 bridgehead atoms. The van der Waals surface area contributed by atoms with Gasteiger partial charge in [0.15, 0.2) is 0 Å². The van der Waals surface area contributed by atoms with E-state index < -0.39 is 17.9 Å². The zero-order chi connectivity index (χ0) is 34.0. The van der Waals surface area contributed by atoms with Gasteiger partial charge < -0.3 is 19.8 Å². The number of quaternary nitrogens is 1. The van der Waals surface area contributed by atoms with Crippen LogP contribution in [-0.4, -0.2) is 63.9 Å². The zero-order valence-corrected chi connectivity index (χ0v) is 30.0. The van der Waals surface area contributed by atoms with E-state index in [4.69, 9.17) is 15.3 Å². The lowest BCUT2D eigenvalue weighted by Crippen LogP contribution is -2.51. The van der Waals surface area contributed by atoms with Crippen molar-refractivity contribution in [2.24, 2.45) is 0 Å². The van der Waals surface area contributed by atoms with Gasteiger partial charge in [-0.05, 0) is 77.0 Å². The van der Waals surface area contributed by atoms with E-state index in [1.807, 2.05) is 0 Å². The standard InChI is InChI=1S/C39H73NO6/c1-2-3-4-5-6-7-8-9-10-11-12-13-14-15-16-17-18-19-20-21-22-26-33-40(34-27-23-30-37(41)42,35-28-24-31-38(43)44)36-29-25-32-39(45)46/h18-19H,2-17,20-36H2,1H3,(H2-,41,42,43,44,45,46)/p+1/b19-18+. The maximum atomic E-state index is 11.0. The largest absolute Gasteiger partial charge is 0.481 e. The van der Waals surface area contributed by atoms with Crippen LogP contribution in [0.3, 0.4) is 0 Å². The quantitative estimate of drug-likeness (QED) is 0.0350. The molecule has 0 spiro atoms. The van der Waals surface area contributed by atoms with Crippen LogP contribution < -0.4 is 0 Å². The predicted octanol–water partition coefficient (Wildman–Crippen LogP) is 10.9. The first-order chi connectivity index (χ1) is 22.3. The van der Waals surface area contributed by atoms with Gasteiger partial charge in [0.25, 0.3) is 0 Å². The smallest absolute Gasteiger partial charge is 0.303 e. The van der Waals surface area contributed by atoms with Crippen molar-refractivity contribution in [2.45, 2.75) is 193 Å². The minimum absolute atomic E-state index is 0.170. The molecule has 0 unspecified atom stereocenters. The predicted molar refractivity (Wildman–Crippen MR) is 191 cm³/mol. The van der Waals surface area contributed by atoms with Gasteiger partial charge in [-0.15, -0.1) is 0 Å². The van der Waals surface area contributed by atoms with Crippen LogP contribution >= 0.6 is 0 Å². The van der Waals surface area contributed by atoms with Crippen molar-refractivity contribution >= 4 is 17.9 Å². The Labute approximate surface area is 283 Å². The highest BCUT2D eigenvalue weighted by atomic mass is 16.4. The molecule has 0 aliphatic heterocycles. The number of nitrogens with zero attached hydrogens (tertiary/aromatic N) is 1. The van der Waals surface area contributed by atoms with Gasteiger partial charge in [-0.2, -0.15) is 0 Å². The molecule has 3 N–H and O–H groups in total. The van der Waals surface area contributed by atoms with Crippen molar-refractivity contribution in [1.82, 2.24) is 0 Å². The third-order valence-corrected chi connectivity index (χ3v) is 9.46. The summed E-state index contributed by atoms with van der Waals surface area (Å²) in [6, 6.07) is 0. The first-order valence-corrected chi connectivity index (χ1v) is 19.5. The van der Waals surface area contributed by atoms with Gasteiger partial charge in [-0.3, -0.25) is 14.4 Å². The van der Waals surface area contributed by atoms with Gasteiger partial charge in [0.1, 0.15) is 0 Å². The van der Waals surface area contributed by atoms with Crippen LogP contribution in [-0.2, 0) is 14.4 Å². The molecule has 0 amide bonds. The summed E-state index contributed by atoms with van der Waals surface area (Å²) in [6.45, 7) is 5.92. The Hall–Kier alpha value is -1.89.